The second kappa shape index (κ2) is 6.84. The lowest BCUT2D eigenvalue weighted by Gasteiger charge is -2.07. The fraction of sp³-hybridized carbons (Fsp3) is 0.300. The number of hydrogen-bond donors (Lipinski definition) is 2. The summed E-state index contributed by atoms with van der Waals surface area (Å²) in [6, 6.07) is 4.60. The average Bonchev–Trinajstić information content (AvgIpc) is 2.24. The van der Waals surface area contributed by atoms with Crippen LogP contribution >= 0.6 is 34.8 Å². The van der Waals surface area contributed by atoms with Crippen LogP contribution in [0.25, 0.3) is 0 Å². The van der Waals surface area contributed by atoms with E-state index < -0.39 is 0 Å². The van der Waals surface area contributed by atoms with Crippen molar-refractivity contribution in [2.75, 3.05) is 17.7 Å². The van der Waals surface area contributed by atoms with E-state index in [4.69, 9.17) is 34.8 Å². The highest BCUT2D eigenvalue weighted by Crippen LogP contribution is 2.24. The maximum atomic E-state index is 11.3. The summed E-state index contributed by atoms with van der Waals surface area (Å²) >= 11 is 17.0. The summed E-state index contributed by atoms with van der Waals surface area (Å²) < 4.78 is 0. The molecule has 1 aromatic carbocycles. The molecule has 0 aliphatic heterocycles. The van der Waals surface area contributed by atoms with Crippen LogP contribution in [0.3, 0.4) is 0 Å². The first-order chi connectivity index (χ1) is 7.63. The van der Waals surface area contributed by atoms with Crippen LogP contribution < -0.4 is 10.6 Å². The van der Waals surface area contributed by atoms with Crippen molar-refractivity contribution in [2.45, 2.75) is 6.42 Å². The Hall–Kier alpha value is -0.640. The summed E-state index contributed by atoms with van der Waals surface area (Å²) in [4.78, 5) is 11.3. The van der Waals surface area contributed by atoms with Crippen molar-refractivity contribution in [3.05, 3.63) is 28.2 Å². The zero-order valence-electron chi connectivity index (χ0n) is 8.40. The lowest BCUT2D eigenvalue weighted by atomic mass is 10.3. The lowest BCUT2D eigenvalue weighted by Crippen LogP contribution is -2.29. The van der Waals surface area contributed by atoms with Gasteiger partial charge in [-0.05, 0) is 24.6 Å². The molecular weight excluding hydrogens is 270 g/mol. The fourth-order valence-electron chi connectivity index (χ4n) is 1.02. The second-order valence-corrected chi connectivity index (χ2v) is 4.24. The Bertz CT molecular complexity index is 371. The number of alkyl halides is 1. The topological polar surface area (TPSA) is 41.1 Å². The third-order valence-corrected chi connectivity index (χ3v) is 2.78. The van der Waals surface area contributed by atoms with Gasteiger partial charge in [-0.1, -0.05) is 23.2 Å². The van der Waals surface area contributed by atoms with Gasteiger partial charge in [0.05, 0.1) is 10.0 Å². The van der Waals surface area contributed by atoms with Gasteiger partial charge in [0.15, 0.2) is 0 Å². The van der Waals surface area contributed by atoms with E-state index in [1.807, 2.05) is 0 Å². The Morgan fingerprint density at radius 1 is 1.25 bits per heavy atom. The predicted octanol–water partition coefficient (Wildman–Crippen LogP) is 3.74. The minimum atomic E-state index is -0.288. The SMILES string of the molecule is O=C(NCCCCl)Nc1ccc(Cl)c(Cl)c1. The number of hydrogen-bond acceptors (Lipinski definition) is 1. The van der Waals surface area contributed by atoms with E-state index in [2.05, 4.69) is 10.6 Å². The molecule has 0 saturated heterocycles. The molecule has 0 aromatic heterocycles. The molecule has 0 atom stereocenters. The Morgan fingerprint density at radius 3 is 2.62 bits per heavy atom. The van der Waals surface area contributed by atoms with Gasteiger partial charge in [-0.2, -0.15) is 0 Å². The third kappa shape index (κ3) is 4.47. The minimum Gasteiger partial charge on any atom is -0.338 e. The van der Waals surface area contributed by atoms with Gasteiger partial charge in [-0.15, -0.1) is 11.6 Å². The number of rotatable bonds is 4. The van der Waals surface area contributed by atoms with Crippen LogP contribution in [0.1, 0.15) is 6.42 Å². The van der Waals surface area contributed by atoms with E-state index >= 15 is 0 Å². The number of carbonyl (C=O) groups excluding carboxylic acids is 1. The van der Waals surface area contributed by atoms with E-state index in [1.54, 1.807) is 18.2 Å². The molecule has 0 fully saturated rings. The molecule has 16 heavy (non-hydrogen) atoms. The molecule has 0 unspecified atom stereocenters. The van der Waals surface area contributed by atoms with Gasteiger partial charge in [0, 0.05) is 18.1 Å². The quantitative estimate of drug-likeness (QED) is 0.640. The molecule has 0 radical (unpaired) electrons. The second-order valence-electron chi connectivity index (χ2n) is 3.05. The van der Waals surface area contributed by atoms with Crippen LogP contribution in [0, 0.1) is 0 Å². The van der Waals surface area contributed by atoms with Crippen molar-refractivity contribution >= 4 is 46.5 Å². The van der Waals surface area contributed by atoms with Crippen molar-refractivity contribution in [3.63, 3.8) is 0 Å². The zero-order valence-corrected chi connectivity index (χ0v) is 10.7. The molecule has 2 N–H and O–H groups in total. The normalized spacial score (nSPS) is 9.94. The highest BCUT2D eigenvalue weighted by atomic mass is 35.5. The van der Waals surface area contributed by atoms with E-state index in [0.717, 1.165) is 6.42 Å². The first-order valence-corrected chi connectivity index (χ1v) is 5.98. The number of nitrogens with one attached hydrogen (secondary N) is 2. The minimum absolute atomic E-state index is 0.288. The van der Waals surface area contributed by atoms with Gasteiger partial charge in [-0.25, -0.2) is 4.79 Å². The monoisotopic (exact) mass is 280 g/mol. The molecule has 0 heterocycles. The molecule has 6 heteroatoms. The summed E-state index contributed by atoms with van der Waals surface area (Å²) in [5, 5.41) is 6.14. The van der Waals surface area contributed by atoms with Crippen molar-refractivity contribution in [3.8, 4) is 0 Å². The van der Waals surface area contributed by atoms with E-state index in [-0.39, 0.29) is 6.03 Å². The molecule has 0 aliphatic rings. The summed E-state index contributed by atoms with van der Waals surface area (Å²) in [6.07, 6.45) is 0.732. The van der Waals surface area contributed by atoms with Gasteiger partial charge >= 0.3 is 6.03 Å². The number of anilines is 1. The summed E-state index contributed by atoms with van der Waals surface area (Å²) in [5.41, 5.74) is 0.595. The molecule has 0 bridgehead atoms. The highest BCUT2D eigenvalue weighted by Gasteiger charge is 2.03. The van der Waals surface area contributed by atoms with E-state index in [1.165, 1.54) is 0 Å². The van der Waals surface area contributed by atoms with Crippen molar-refractivity contribution in [1.29, 1.82) is 0 Å². The molecule has 1 rings (SSSR count). The molecule has 88 valence electrons. The van der Waals surface area contributed by atoms with Crippen LogP contribution in [-0.2, 0) is 0 Å². The Labute approximate surface area is 109 Å². The van der Waals surface area contributed by atoms with Crippen LogP contribution in [0.2, 0.25) is 10.0 Å². The summed E-state index contributed by atoms with van der Waals surface area (Å²) in [7, 11) is 0. The Balaban J connectivity index is 2.46. The van der Waals surface area contributed by atoms with Gasteiger partial charge < -0.3 is 10.6 Å². The molecule has 0 saturated carbocycles. The predicted molar refractivity (Wildman–Crippen MR) is 68.8 cm³/mol. The van der Waals surface area contributed by atoms with Gasteiger partial charge in [0.25, 0.3) is 0 Å². The zero-order chi connectivity index (χ0) is 12.0. The van der Waals surface area contributed by atoms with Crippen molar-refractivity contribution in [2.24, 2.45) is 0 Å². The van der Waals surface area contributed by atoms with Crippen molar-refractivity contribution in [1.82, 2.24) is 5.32 Å². The van der Waals surface area contributed by atoms with Crippen molar-refractivity contribution < 1.29 is 4.79 Å². The fourth-order valence-corrected chi connectivity index (χ4v) is 1.45. The van der Waals surface area contributed by atoms with Gasteiger partial charge in [0.1, 0.15) is 0 Å². The van der Waals surface area contributed by atoms with Gasteiger partial charge in [0.2, 0.25) is 0 Å². The standard InChI is InChI=1S/C10H11Cl3N2O/c11-4-1-5-14-10(16)15-7-2-3-8(12)9(13)6-7/h2-3,6H,1,4-5H2,(H2,14,15,16). The average molecular weight is 282 g/mol. The third-order valence-electron chi connectivity index (χ3n) is 1.77. The van der Waals surface area contributed by atoms with Crippen LogP contribution in [0.5, 0.6) is 0 Å². The molecule has 1 aromatic rings. The molecule has 0 spiro atoms. The Morgan fingerprint density at radius 2 is 2.00 bits per heavy atom. The van der Waals surface area contributed by atoms with Gasteiger partial charge in [-0.3, -0.25) is 0 Å². The maximum Gasteiger partial charge on any atom is 0.319 e. The first kappa shape index (κ1) is 13.4. The number of amides is 2. The van der Waals surface area contributed by atoms with E-state index in [9.17, 15) is 4.79 Å². The largest absolute Gasteiger partial charge is 0.338 e. The van der Waals surface area contributed by atoms with E-state index in [0.29, 0.717) is 28.2 Å². The number of carbonyl (C=O) groups is 1. The highest BCUT2D eigenvalue weighted by molar-refractivity contribution is 6.42. The Kier molecular flexibility index (Phi) is 5.74. The molecule has 3 nitrogen and oxygen atoms in total. The molecule has 2 amide bonds. The summed E-state index contributed by atoms with van der Waals surface area (Å²) in [6.45, 7) is 0.538. The number of halogens is 3. The van der Waals surface area contributed by atoms with Crippen LogP contribution in [-0.4, -0.2) is 18.5 Å². The maximum absolute atomic E-state index is 11.3. The molecular formula is C10H11Cl3N2O. The first-order valence-electron chi connectivity index (χ1n) is 4.69. The number of benzene rings is 1. The smallest absolute Gasteiger partial charge is 0.319 e. The number of urea groups is 1. The summed E-state index contributed by atoms with van der Waals surface area (Å²) in [5.74, 6) is 0.521. The van der Waals surface area contributed by atoms with Crippen LogP contribution in [0.4, 0.5) is 10.5 Å². The lowest BCUT2D eigenvalue weighted by molar-refractivity contribution is 0.252. The molecule has 0 aliphatic carbocycles. The van der Waals surface area contributed by atoms with Crippen LogP contribution in [0.15, 0.2) is 18.2 Å².